The van der Waals surface area contributed by atoms with Crippen LogP contribution < -0.4 is 4.90 Å². The van der Waals surface area contributed by atoms with Crippen LogP contribution in [0.25, 0.3) is 10.9 Å². The highest BCUT2D eigenvalue weighted by Gasteiger charge is 2.30. The predicted octanol–water partition coefficient (Wildman–Crippen LogP) is 5.63. The molecule has 0 bridgehead atoms. The van der Waals surface area contributed by atoms with Gasteiger partial charge in [-0.15, -0.1) is 0 Å². The Kier molecular flexibility index (Phi) is 3.56. The molecule has 5 rings (SSSR count). The van der Waals surface area contributed by atoms with Gasteiger partial charge in [0.05, 0.1) is 6.04 Å². The van der Waals surface area contributed by atoms with Crippen LogP contribution in [0, 0.1) is 6.92 Å². The maximum atomic E-state index is 3.47. The summed E-state index contributed by atoms with van der Waals surface area (Å²) in [4.78, 5) is 6.02. The first kappa shape index (κ1) is 15.3. The number of nitrogens with one attached hydrogen (secondary N) is 1. The van der Waals surface area contributed by atoms with Gasteiger partial charge in [0, 0.05) is 34.9 Å². The summed E-state index contributed by atoms with van der Waals surface area (Å²) in [5.41, 5.74) is 8.04. The van der Waals surface area contributed by atoms with Crippen LogP contribution in [0.4, 0.5) is 5.69 Å². The molecule has 3 aromatic carbocycles. The van der Waals surface area contributed by atoms with Gasteiger partial charge in [0.25, 0.3) is 0 Å². The number of fused-ring (bicyclic) bond motifs is 2. The van der Waals surface area contributed by atoms with Gasteiger partial charge in [-0.1, -0.05) is 60.2 Å². The standard InChI is InChI=1S/C24H22N2/c1-17-10-12-19(13-11-17)26-15-14-18-6-2-3-7-20(18)24(26)22-16-25-23-9-5-4-8-21(22)23/h2-13,16,24-25H,14-15H2,1H3/t24-/m1/s1. The molecule has 0 fully saturated rings. The van der Waals surface area contributed by atoms with Gasteiger partial charge in [-0.25, -0.2) is 0 Å². The molecule has 4 aromatic rings. The number of hydrogen-bond donors (Lipinski definition) is 1. The van der Waals surface area contributed by atoms with Crippen molar-refractivity contribution >= 4 is 16.6 Å². The average Bonchev–Trinajstić information content (AvgIpc) is 3.11. The minimum Gasteiger partial charge on any atom is -0.361 e. The lowest BCUT2D eigenvalue weighted by molar-refractivity contribution is 0.656. The maximum absolute atomic E-state index is 3.47. The molecule has 2 heterocycles. The molecule has 2 nitrogen and oxygen atoms in total. The number of hydrogen-bond acceptors (Lipinski definition) is 1. The van der Waals surface area contributed by atoms with E-state index >= 15 is 0 Å². The molecule has 0 spiro atoms. The van der Waals surface area contributed by atoms with Crippen molar-refractivity contribution in [2.24, 2.45) is 0 Å². The summed E-state index contributed by atoms with van der Waals surface area (Å²) in [7, 11) is 0. The first-order chi connectivity index (χ1) is 12.8. The van der Waals surface area contributed by atoms with Gasteiger partial charge in [-0.3, -0.25) is 0 Å². The number of H-pyrrole nitrogens is 1. The Labute approximate surface area is 154 Å². The highest BCUT2D eigenvalue weighted by atomic mass is 15.2. The Hall–Kier alpha value is -3.00. The van der Waals surface area contributed by atoms with Gasteiger partial charge in [0.1, 0.15) is 0 Å². The molecule has 0 saturated heterocycles. The minimum atomic E-state index is 0.235. The summed E-state index contributed by atoms with van der Waals surface area (Å²) in [6, 6.07) is 26.7. The van der Waals surface area contributed by atoms with E-state index in [2.05, 4.69) is 95.8 Å². The largest absolute Gasteiger partial charge is 0.361 e. The third kappa shape index (κ3) is 2.41. The summed E-state index contributed by atoms with van der Waals surface area (Å²) in [6.07, 6.45) is 3.28. The lowest BCUT2D eigenvalue weighted by Gasteiger charge is -2.39. The molecule has 0 saturated carbocycles. The van der Waals surface area contributed by atoms with E-state index in [1.54, 1.807) is 0 Å². The van der Waals surface area contributed by atoms with Crippen LogP contribution in [0.1, 0.15) is 28.3 Å². The van der Waals surface area contributed by atoms with Gasteiger partial charge in [0.15, 0.2) is 0 Å². The van der Waals surface area contributed by atoms with Gasteiger partial charge < -0.3 is 9.88 Å². The lowest BCUT2D eigenvalue weighted by atomic mass is 9.87. The normalized spacial score (nSPS) is 16.7. The van der Waals surface area contributed by atoms with Crippen LogP contribution in [-0.2, 0) is 6.42 Å². The van der Waals surface area contributed by atoms with E-state index < -0.39 is 0 Å². The summed E-state index contributed by atoms with van der Waals surface area (Å²) < 4.78 is 0. The van der Waals surface area contributed by atoms with Gasteiger partial charge in [-0.2, -0.15) is 0 Å². The fourth-order valence-corrected chi connectivity index (χ4v) is 4.24. The maximum Gasteiger partial charge on any atom is 0.0819 e. The second-order valence-corrected chi connectivity index (χ2v) is 7.17. The number of rotatable bonds is 2. The van der Waals surface area contributed by atoms with Crippen molar-refractivity contribution in [1.29, 1.82) is 0 Å². The van der Waals surface area contributed by atoms with E-state index in [0.29, 0.717) is 0 Å². The third-order valence-electron chi connectivity index (χ3n) is 5.56. The Morgan fingerprint density at radius 2 is 1.62 bits per heavy atom. The fraction of sp³-hybridized carbons (Fsp3) is 0.167. The number of aromatic amines is 1. The highest BCUT2D eigenvalue weighted by molar-refractivity contribution is 5.85. The van der Waals surface area contributed by atoms with Crippen LogP contribution >= 0.6 is 0 Å². The summed E-state index contributed by atoms with van der Waals surface area (Å²) in [5, 5.41) is 1.31. The monoisotopic (exact) mass is 338 g/mol. The van der Waals surface area contributed by atoms with Crippen LogP contribution in [0.3, 0.4) is 0 Å². The Morgan fingerprint density at radius 3 is 2.50 bits per heavy atom. The molecular formula is C24H22N2. The van der Waals surface area contributed by atoms with Gasteiger partial charge in [-0.05, 0) is 42.7 Å². The van der Waals surface area contributed by atoms with Crippen molar-refractivity contribution in [3.63, 3.8) is 0 Å². The van der Waals surface area contributed by atoms with Crippen molar-refractivity contribution < 1.29 is 0 Å². The predicted molar refractivity (Wildman–Crippen MR) is 109 cm³/mol. The average molecular weight is 338 g/mol. The minimum absolute atomic E-state index is 0.235. The number of nitrogens with zero attached hydrogens (tertiary/aromatic N) is 1. The molecule has 1 aliphatic rings. The first-order valence-corrected chi connectivity index (χ1v) is 9.28. The van der Waals surface area contributed by atoms with Crippen LogP contribution in [-0.4, -0.2) is 11.5 Å². The third-order valence-corrected chi connectivity index (χ3v) is 5.56. The molecule has 2 heteroatoms. The van der Waals surface area contributed by atoms with Crippen molar-refractivity contribution in [3.8, 4) is 0 Å². The molecule has 26 heavy (non-hydrogen) atoms. The van der Waals surface area contributed by atoms with Gasteiger partial charge in [0.2, 0.25) is 0 Å². The number of aromatic nitrogens is 1. The van der Waals surface area contributed by atoms with Crippen molar-refractivity contribution in [3.05, 3.63) is 101 Å². The lowest BCUT2D eigenvalue weighted by Crippen LogP contribution is -2.36. The second-order valence-electron chi connectivity index (χ2n) is 7.17. The van der Waals surface area contributed by atoms with E-state index in [9.17, 15) is 0 Å². The number of para-hydroxylation sites is 1. The smallest absolute Gasteiger partial charge is 0.0819 e. The molecule has 1 atom stereocenters. The fourth-order valence-electron chi connectivity index (χ4n) is 4.24. The zero-order valence-corrected chi connectivity index (χ0v) is 14.9. The molecular weight excluding hydrogens is 316 g/mol. The van der Waals surface area contributed by atoms with Gasteiger partial charge >= 0.3 is 0 Å². The molecule has 1 aromatic heterocycles. The molecule has 1 N–H and O–H groups in total. The summed E-state index contributed by atoms with van der Waals surface area (Å²) in [5.74, 6) is 0. The van der Waals surface area contributed by atoms with E-state index in [1.807, 2.05) is 0 Å². The zero-order valence-electron chi connectivity index (χ0n) is 14.9. The Morgan fingerprint density at radius 1 is 0.846 bits per heavy atom. The second kappa shape index (κ2) is 6.06. The number of aryl methyl sites for hydroxylation is 1. The van der Waals surface area contributed by atoms with E-state index in [4.69, 9.17) is 0 Å². The number of benzene rings is 3. The molecule has 128 valence electrons. The highest BCUT2D eigenvalue weighted by Crippen LogP contribution is 2.40. The topological polar surface area (TPSA) is 19.0 Å². The summed E-state index contributed by atoms with van der Waals surface area (Å²) >= 11 is 0. The molecule has 0 unspecified atom stereocenters. The van der Waals surface area contributed by atoms with Crippen molar-refractivity contribution in [2.45, 2.75) is 19.4 Å². The van der Waals surface area contributed by atoms with E-state index in [1.165, 1.54) is 38.8 Å². The van der Waals surface area contributed by atoms with Crippen LogP contribution in [0.2, 0.25) is 0 Å². The number of anilines is 1. The summed E-state index contributed by atoms with van der Waals surface area (Å²) in [6.45, 7) is 3.18. The van der Waals surface area contributed by atoms with Crippen molar-refractivity contribution in [2.75, 3.05) is 11.4 Å². The van der Waals surface area contributed by atoms with Crippen LogP contribution in [0.5, 0.6) is 0 Å². The first-order valence-electron chi connectivity index (χ1n) is 9.28. The quantitative estimate of drug-likeness (QED) is 0.502. The van der Waals surface area contributed by atoms with Crippen molar-refractivity contribution in [1.82, 2.24) is 4.98 Å². The Balaban J connectivity index is 1.71. The molecule has 0 aliphatic carbocycles. The molecule has 0 amide bonds. The Bertz CT molecular complexity index is 1060. The SMILES string of the molecule is Cc1ccc(N2CCc3ccccc3[C@@H]2c2c[nH]c3ccccc23)cc1. The zero-order chi connectivity index (χ0) is 17.5. The van der Waals surface area contributed by atoms with E-state index in [0.717, 1.165) is 13.0 Å². The molecule has 1 aliphatic heterocycles. The van der Waals surface area contributed by atoms with Crippen LogP contribution in [0.15, 0.2) is 79.0 Å². The van der Waals surface area contributed by atoms with E-state index in [-0.39, 0.29) is 6.04 Å². The molecule has 0 radical (unpaired) electrons.